The molecule has 0 saturated carbocycles. The molecule has 1 aliphatic rings. The number of urea groups is 1. The first-order valence-electron chi connectivity index (χ1n) is 7.28. The Morgan fingerprint density at radius 3 is 3.00 bits per heavy atom. The smallest absolute Gasteiger partial charge is 0.319 e. The van der Waals surface area contributed by atoms with E-state index in [1.54, 1.807) is 6.07 Å². The highest BCUT2D eigenvalue weighted by molar-refractivity contribution is 6.33. The van der Waals surface area contributed by atoms with Gasteiger partial charge < -0.3 is 10.6 Å². The summed E-state index contributed by atoms with van der Waals surface area (Å²) in [5.41, 5.74) is 1.56. The monoisotopic (exact) mass is 319 g/mol. The van der Waals surface area contributed by atoms with Crippen molar-refractivity contribution in [2.75, 3.05) is 5.32 Å². The van der Waals surface area contributed by atoms with Gasteiger partial charge >= 0.3 is 6.03 Å². The fourth-order valence-corrected chi connectivity index (χ4v) is 2.97. The number of hydrogen-bond acceptors (Lipinski definition) is 3. The van der Waals surface area contributed by atoms with Crippen molar-refractivity contribution in [3.05, 3.63) is 40.4 Å². The van der Waals surface area contributed by atoms with E-state index in [4.69, 9.17) is 11.6 Å². The van der Waals surface area contributed by atoms with Crippen molar-refractivity contribution in [1.29, 1.82) is 0 Å². The number of rotatable bonds is 2. The summed E-state index contributed by atoms with van der Waals surface area (Å²) in [6.07, 6.45) is 1.82. The van der Waals surface area contributed by atoms with Crippen molar-refractivity contribution in [3.63, 3.8) is 0 Å². The number of halogens is 1. The third-order valence-electron chi connectivity index (χ3n) is 3.75. The van der Waals surface area contributed by atoms with Crippen molar-refractivity contribution in [1.82, 2.24) is 20.1 Å². The molecular formula is C15H18ClN5O. The zero-order chi connectivity index (χ0) is 15.7. The normalized spacial score (nSPS) is 17.0. The largest absolute Gasteiger partial charge is 0.328 e. The standard InChI is InChI=1S/C15H18ClN5O/c1-9-5-3-6-11(16)13(9)19-15(22)18-12-7-4-8-21-14(12)17-10(2)20-21/h3,5-6,12H,4,7-8H2,1-2H3,(H2,18,19,22)/t12-/m1/s1. The lowest BCUT2D eigenvalue weighted by Gasteiger charge is -2.23. The molecule has 1 aliphatic heterocycles. The molecule has 116 valence electrons. The van der Waals surface area contributed by atoms with Crippen LogP contribution in [0, 0.1) is 13.8 Å². The van der Waals surface area contributed by atoms with Gasteiger partial charge in [0.25, 0.3) is 0 Å². The fraction of sp³-hybridized carbons (Fsp3) is 0.400. The summed E-state index contributed by atoms with van der Waals surface area (Å²) in [6, 6.07) is 5.10. The zero-order valence-electron chi connectivity index (χ0n) is 12.6. The Bertz CT molecular complexity index is 692. The van der Waals surface area contributed by atoms with Gasteiger partial charge in [-0.3, -0.25) is 0 Å². The average molecular weight is 320 g/mol. The first kappa shape index (κ1) is 14.8. The summed E-state index contributed by atoms with van der Waals surface area (Å²) in [5.74, 6) is 1.54. The molecule has 1 aromatic heterocycles. The van der Waals surface area contributed by atoms with Crippen LogP contribution in [-0.2, 0) is 6.54 Å². The van der Waals surface area contributed by atoms with Crippen LogP contribution in [0.25, 0.3) is 0 Å². The minimum Gasteiger partial charge on any atom is -0.328 e. The first-order valence-corrected chi connectivity index (χ1v) is 7.66. The molecular weight excluding hydrogens is 302 g/mol. The Balaban J connectivity index is 1.73. The van der Waals surface area contributed by atoms with Gasteiger partial charge in [-0.25, -0.2) is 14.5 Å². The minimum absolute atomic E-state index is 0.127. The molecule has 22 heavy (non-hydrogen) atoms. The fourth-order valence-electron chi connectivity index (χ4n) is 2.70. The molecule has 6 nitrogen and oxygen atoms in total. The highest BCUT2D eigenvalue weighted by atomic mass is 35.5. The highest BCUT2D eigenvalue weighted by Gasteiger charge is 2.25. The molecule has 1 aromatic carbocycles. The second-order valence-corrected chi connectivity index (χ2v) is 5.87. The lowest BCUT2D eigenvalue weighted by Crippen LogP contribution is -2.36. The SMILES string of the molecule is Cc1nc2n(n1)CCC[C@H]2NC(=O)Nc1c(C)cccc1Cl. The molecule has 0 bridgehead atoms. The van der Waals surface area contributed by atoms with Crippen LogP contribution >= 0.6 is 11.6 Å². The van der Waals surface area contributed by atoms with Crippen LogP contribution in [0.5, 0.6) is 0 Å². The number of hydrogen-bond donors (Lipinski definition) is 2. The molecule has 2 aromatic rings. The Morgan fingerprint density at radius 1 is 1.41 bits per heavy atom. The van der Waals surface area contributed by atoms with Crippen molar-refractivity contribution < 1.29 is 4.79 Å². The summed E-state index contributed by atoms with van der Waals surface area (Å²) in [4.78, 5) is 16.7. The van der Waals surface area contributed by atoms with Crippen molar-refractivity contribution >= 4 is 23.3 Å². The maximum absolute atomic E-state index is 12.3. The van der Waals surface area contributed by atoms with Gasteiger partial charge in [0, 0.05) is 6.54 Å². The minimum atomic E-state index is -0.282. The van der Waals surface area contributed by atoms with E-state index in [9.17, 15) is 4.79 Å². The van der Waals surface area contributed by atoms with Crippen molar-refractivity contribution in [3.8, 4) is 0 Å². The van der Waals surface area contributed by atoms with Crippen LogP contribution in [0.15, 0.2) is 18.2 Å². The quantitative estimate of drug-likeness (QED) is 0.892. The summed E-state index contributed by atoms with van der Waals surface area (Å²) < 4.78 is 1.87. The number of nitrogens with one attached hydrogen (secondary N) is 2. The molecule has 0 spiro atoms. The van der Waals surface area contributed by atoms with E-state index in [1.165, 1.54) is 0 Å². The molecule has 2 heterocycles. The first-order chi connectivity index (χ1) is 10.5. The van der Waals surface area contributed by atoms with E-state index in [-0.39, 0.29) is 12.1 Å². The number of benzene rings is 1. The van der Waals surface area contributed by atoms with E-state index in [0.29, 0.717) is 10.7 Å². The zero-order valence-corrected chi connectivity index (χ0v) is 13.3. The van der Waals surface area contributed by atoms with Gasteiger partial charge in [-0.2, -0.15) is 5.10 Å². The van der Waals surface area contributed by atoms with Crippen LogP contribution in [0.4, 0.5) is 10.5 Å². The summed E-state index contributed by atoms with van der Waals surface area (Å²) in [6.45, 7) is 4.61. The molecule has 0 fully saturated rings. The number of aryl methyl sites for hydroxylation is 3. The second-order valence-electron chi connectivity index (χ2n) is 5.47. The van der Waals surface area contributed by atoms with Crippen LogP contribution in [0.1, 0.15) is 36.1 Å². The van der Waals surface area contributed by atoms with E-state index in [2.05, 4.69) is 20.7 Å². The molecule has 0 aliphatic carbocycles. The van der Waals surface area contributed by atoms with Gasteiger partial charge in [0.15, 0.2) is 0 Å². The Kier molecular flexibility index (Phi) is 4.02. The number of amides is 2. The van der Waals surface area contributed by atoms with Gasteiger partial charge in [0.2, 0.25) is 0 Å². The van der Waals surface area contributed by atoms with Crippen LogP contribution in [0.3, 0.4) is 0 Å². The summed E-state index contributed by atoms with van der Waals surface area (Å²) in [5, 5.41) is 10.6. The number of para-hydroxylation sites is 1. The Labute approximate surface area is 133 Å². The van der Waals surface area contributed by atoms with Gasteiger partial charge in [-0.15, -0.1) is 0 Å². The Hall–Kier alpha value is -2.08. The maximum Gasteiger partial charge on any atom is 0.319 e. The average Bonchev–Trinajstić information content (AvgIpc) is 2.84. The van der Waals surface area contributed by atoms with Crippen molar-refractivity contribution in [2.45, 2.75) is 39.3 Å². The van der Waals surface area contributed by atoms with Gasteiger partial charge in [0.05, 0.1) is 16.8 Å². The van der Waals surface area contributed by atoms with Gasteiger partial charge in [-0.05, 0) is 38.3 Å². The number of fused-ring (bicyclic) bond motifs is 1. The third kappa shape index (κ3) is 2.92. The molecule has 0 saturated heterocycles. The molecule has 2 amide bonds. The van der Waals surface area contributed by atoms with E-state index >= 15 is 0 Å². The highest BCUT2D eigenvalue weighted by Crippen LogP contribution is 2.26. The van der Waals surface area contributed by atoms with Crippen LogP contribution in [0.2, 0.25) is 5.02 Å². The molecule has 1 atom stereocenters. The molecule has 2 N–H and O–H groups in total. The maximum atomic E-state index is 12.3. The molecule has 0 radical (unpaired) electrons. The van der Waals surface area contributed by atoms with Crippen LogP contribution < -0.4 is 10.6 Å². The van der Waals surface area contributed by atoms with Gasteiger partial charge in [-0.1, -0.05) is 23.7 Å². The summed E-state index contributed by atoms with van der Waals surface area (Å²) >= 11 is 6.13. The topological polar surface area (TPSA) is 71.8 Å². The summed E-state index contributed by atoms with van der Waals surface area (Å²) in [7, 11) is 0. The van der Waals surface area contributed by atoms with E-state index in [1.807, 2.05) is 30.7 Å². The number of carbonyl (C=O) groups is 1. The lowest BCUT2D eigenvalue weighted by atomic mass is 10.1. The second kappa shape index (κ2) is 5.96. The number of carbonyl (C=O) groups excluding carboxylic acids is 1. The van der Waals surface area contributed by atoms with Gasteiger partial charge in [0.1, 0.15) is 11.6 Å². The predicted molar refractivity (Wildman–Crippen MR) is 85.1 cm³/mol. The number of nitrogens with zero attached hydrogens (tertiary/aromatic N) is 3. The number of anilines is 1. The molecule has 7 heteroatoms. The van der Waals surface area contributed by atoms with Crippen LogP contribution in [-0.4, -0.2) is 20.8 Å². The molecule has 3 rings (SSSR count). The Morgan fingerprint density at radius 2 is 2.23 bits per heavy atom. The van der Waals surface area contributed by atoms with E-state index < -0.39 is 0 Å². The lowest BCUT2D eigenvalue weighted by molar-refractivity contribution is 0.244. The van der Waals surface area contributed by atoms with Crippen molar-refractivity contribution in [2.24, 2.45) is 0 Å². The number of aromatic nitrogens is 3. The molecule has 0 unspecified atom stereocenters. The predicted octanol–water partition coefficient (Wildman–Crippen LogP) is 3.20. The third-order valence-corrected chi connectivity index (χ3v) is 4.06. The van der Waals surface area contributed by atoms with E-state index in [0.717, 1.165) is 36.6 Å².